The van der Waals surface area contributed by atoms with E-state index in [1.54, 1.807) is 0 Å². The molecule has 1 saturated carbocycles. The molecule has 70 valence electrons. The first-order valence-electron chi connectivity index (χ1n) is 5.17. The number of aliphatic hydroxyl groups is 1. The second kappa shape index (κ2) is 3.35. The van der Waals surface area contributed by atoms with Gasteiger partial charge in [-0.2, -0.15) is 0 Å². The van der Waals surface area contributed by atoms with E-state index in [9.17, 15) is 5.11 Å². The molecule has 0 bridgehead atoms. The van der Waals surface area contributed by atoms with E-state index in [1.807, 2.05) is 0 Å². The highest BCUT2D eigenvalue weighted by molar-refractivity contribution is 4.94. The Labute approximate surface area is 74.4 Å². The molecule has 1 heterocycles. The molecule has 0 aromatic heterocycles. The highest BCUT2D eigenvalue weighted by Gasteiger charge is 2.40. The lowest BCUT2D eigenvalue weighted by molar-refractivity contribution is 0.117. The van der Waals surface area contributed by atoms with Gasteiger partial charge in [-0.15, -0.1) is 0 Å². The second-order valence-corrected chi connectivity index (χ2v) is 4.42. The van der Waals surface area contributed by atoms with Gasteiger partial charge in [0.05, 0.1) is 6.61 Å². The first kappa shape index (κ1) is 8.52. The summed E-state index contributed by atoms with van der Waals surface area (Å²) in [7, 11) is 0. The molecule has 1 aliphatic heterocycles. The maximum absolute atomic E-state index is 9.19. The van der Waals surface area contributed by atoms with Crippen molar-refractivity contribution in [1.82, 2.24) is 5.32 Å². The van der Waals surface area contributed by atoms with Crippen molar-refractivity contribution in [2.75, 3.05) is 13.2 Å². The molecule has 2 fully saturated rings. The molecule has 3 unspecified atom stereocenters. The largest absolute Gasteiger partial charge is 0.395 e. The number of aliphatic hydroxyl groups excluding tert-OH is 1. The van der Waals surface area contributed by atoms with E-state index in [2.05, 4.69) is 12.2 Å². The van der Waals surface area contributed by atoms with Gasteiger partial charge in [0.15, 0.2) is 0 Å². The van der Waals surface area contributed by atoms with Gasteiger partial charge in [-0.05, 0) is 43.6 Å². The van der Waals surface area contributed by atoms with E-state index in [-0.39, 0.29) is 0 Å². The predicted octanol–water partition coefficient (Wildman–Crippen LogP) is 1.00. The molecule has 0 amide bonds. The van der Waals surface area contributed by atoms with E-state index in [0.29, 0.717) is 12.6 Å². The molecule has 1 saturated heterocycles. The Kier molecular flexibility index (Phi) is 2.37. The van der Waals surface area contributed by atoms with E-state index >= 15 is 0 Å². The molecule has 1 aliphatic carbocycles. The van der Waals surface area contributed by atoms with E-state index < -0.39 is 0 Å². The average molecular weight is 169 g/mol. The summed E-state index contributed by atoms with van der Waals surface area (Å²) in [6.45, 7) is 3.76. The number of piperidine rings is 1. The van der Waals surface area contributed by atoms with Gasteiger partial charge in [-0.25, -0.2) is 0 Å². The number of rotatable bonds is 2. The quantitative estimate of drug-likeness (QED) is 0.646. The summed E-state index contributed by atoms with van der Waals surface area (Å²) < 4.78 is 0. The van der Waals surface area contributed by atoms with E-state index in [4.69, 9.17) is 0 Å². The van der Waals surface area contributed by atoms with E-state index in [0.717, 1.165) is 24.3 Å². The summed E-state index contributed by atoms with van der Waals surface area (Å²) in [6, 6.07) is 0.390. The Morgan fingerprint density at radius 2 is 2.08 bits per heavy atom. The van der Waals surface area contributed by atoms with Crippen LogP contribution in [0.2, 0.25) is 0 Å². The molecule has 12 heavy (non-hydrogen) atoms. The molecule has 2 nitrogen and oxygen atoms in total. The average Bonchev–Trinajstić information content (AvgIpc) is 2.87. The zero-order chi connectivity index (χ0) is 8.55. The first-order chi connectivity index (χ1) is 5.83. The second-order valence-electron chi connectivity index (χ2n) is 4.42. The summed E-state index contributed by atoms with van der Waals surface area (Å²) in [5, 5.41) is 12.6. The molecule has 2 N–H and O–H groups in total. The van der Waals surface area contributed by atoms with Gasteiger partial charge < -0.3 is 10.4 Å². The van der Waals surface area contributed by atoms with Crippen molar-refractivity contribution in [2.45, 2.75) is 32.2 Å². The lowest BCUT2D eigenvalue weighted by Crippen LogP contribution is -2.48. The maximum Gasteiger partial charge on any atom is 0.0587 e. The molecule has 3 atom stereocenters. The minimum Gasteiger partial charge on any atom is -0.395 e. The van der Waals surface area contributed by atoms with E-state index in [1.165, 1.54) is 19.3 Å². The van der Waals surface area contributed by atoms with Gasteiger partial charge in [0, 0.05) is 6.04 Å². The molecule has 0 aromatic rings. The Balaban J connectivity index is 2.00. The molecule has 2 heteroatoms. The molecule has 2 rings (SSSR count). The number of hydrogen-bond donors (Lipinski definition) is 2. The van der Waals surface area contributed by atoms with Crippen molar-refractivity contribution >= 4 is 0 Å². The zero-order valence-electron chi connectivity index (χ0n) is 7.79. The Morgan fingerprint density at radius 1 is 1.33 bits per heavy atom. The number of nitrogens with one attached hydrogen (secondary N) is 1. The summed E-state index contributed by atoms with van der Waals surface area (Å²) in [5.41, 5.74) is 0. The van der Waals surface area contributed by atoms with Crippen LogP contribution < -0.4 is 5.32 Å². The molecular formula is C10H19NO. The van der Waals surface area contributed by atoms with Crippen LogP contribution in [0.5, 0.6) is 0 Å². The topological polar surface area (TPSA) is 32.3 Å². The third-order valence-corrected chi connectivity index (χ3v) is 3.49. The minimum absolute atomic E-state index is 0.325. The maximum atomic E-state index is 9.19. The van der Waals surface area contributed by atoms with Gasteiger partial charge in [0.2, 0.25) is 0 Å². The minimum atomic E-state index is 0.325. The third kappa shape index (κ3) is 1.50. The fourth-order valence-electron chi connectivity index (χ4n) is 2.68. The normalized spacial score (nSPS) is 43.0. The molecule has 0 spiro atoms. The zero-order valence-corrected chi connectivity index (χ0v) is 7.79. The standard InChI is InChI=1S/C10H19NO/c1-7-4-5-11-9(6-12)10(7)8-2-3-8/h7-12H,2-6H2,1H3. The monoisotopic (exact) mass is 169 g/mol. The highest BCUT2D eigenvalue weighted by Crippen LogP contribution is 2.44. The summed E-state index contributed by atoms with van der Waals surface area (Å²) in [6.07, 6.45) is 4.08. The van der Waals surface area contributed by atoms with Crippen molar-refractivity contribution < 1.29 is 5.11 Å². The van der Waals surface area contributed by atoms with Gasteiger partial charge >= 0.3 is 0 Å². The van der Waals surface area contributed by atoms with Gasteiger partial charge in [-0.3, -0.25) is 0 Å². The van der Waals surface area contributed by atoms with Crippen LogP contribution in [0.3, 0.4) is 0 Å². The van der Waals surface area contributed by atoms with Gasteiger partial charge in [-0.1, -0.05) is 6.92 Å². The van der Waals surface area contributed by atoms with Crippen LogP contribution in [0, 0.1) is 17.8 Å². The van der Waals surface area contributed by atoms with Crippen LogP contribution in [0.25, 0.3) is 0 Å². The third-order valence-electron chi connectivity index (χ3n) is 3.49. The summed E-state index contributed by atoms with van der Waals surface area (Å²) >= 11 is 0. The highest BCUT2D eigenvalue weighted by atomic mass is 16.3. The van der Waals surface area contributed by atoms with Crippen molar-refractivity contribution in [3.8, 4) is 0 Å². The van der Waals surface area contributed by atoms with Gasteiger partial charge in [0.1, 0.15) is 0 Å². The van der Waals surface area contributed by atoms with Crippen LogP contribution in [0.4, 0.5) is 0 Å². The molecule has 0 radical (unpaired) electrons. The summed E-state index contributed by atoms with van der Waals surface area (Å²) in [5.74, 6) is 2.49. The Morgan fingerprint density at radius 3 is 2.67 bits per heavy atom. The lowest BCUT2D eigenvalue weighted by Gasteiger charge is -2.36. The van der Waals surface area contributed by atoms with Crippen molar-refractivity contribution in [3.05, 3.63) is 0 Å². The number of hydrogen-bond acceptors (Lipinski definition) is 2. The smallest absolute Gasteiger partial charge is 0.0587 e. The van der Waals surface area contributed by atoms with Crippen LogP contribution in [0.1, 0.15) is 26.2 Å². The molecule has 0 aromatic carbocycles. The van der Waals surface area contributed by atoms with Crippen LogP contribution in [-0.4, -0.2) is 24.3 Å². The van der Waals surface area contributed by atoms with Crippen molar-refractivity contribution in [2.24, 2.45) is 17.8 Å². The van der Waals surface area contributed by atoms with Crippen LogP contribution in [-0.2, 0) is 0 Å². The van der Waals surface area contributed by atoms with Crippen molar-refractivity contribution in [1.29, 1.82) is 0 Å². The summed E-state index contributed by atoms with van der Waals surface area (Å²) in [4.78, 5) is 0. The fraction of sp³-hybridized carbons (Fsp3) is 1.00. The molecule has 2 aliphatic rings. The fourth-order valence-corrected chi connectivity index (χ4v) is 2.68. The SMILES string of the molecule is CC1CCNC(CO)C1C1CC1. The van der Waals surface area contributed by atoms with Gasteiger partial charge in [0.25, 0.3) is 0 Å². The Hall–Kier alpha value is -0.0800. The Bertz CT molecular complexity index is 156. The predicted molar refractivity (Wildman–Crippen MR) is 48.9 cm³/mol. The first-order valence-corrected chi connectivity index (χ1v) is 5.17. The van der Waals surface area contributed by atoms with Crippen LogP contribution in [0.15, 0.2) is 0 Å². The lowest BCUT2D eigenvalue weighted by atomic mass is 9.79. The van der Waals surface area contributed by atoms with Crippen LogP contribution >= 0.6 is 0 Å². The van der Waals surface area contributed by atoms with Crippen molar-refractivity contribution in [3.63, 3.8) is 0 Å². The molecular weight excluding hydrogens is 150 g/mol.